The molecule has 0 fully saturated rings. The van der Waals surface area contributed by atoms with Crippen LogP contribution in [-0.4, -0.2) is 21.0 Å². The molecule has 19 heavy (non-hydrogen) atoms. The van der Waals surface area contributed by atoms with E-state index >= 15 is 0 Å². The fraction of sp³-hybridized carbons (Fsp3) is 0.214. The summed E-state index contributed by atoms with van der Waals surface area (Å²) in [5, 5.41) is 9.43. The second-order valence-corrected chi connectivity index (χ2v) is 4.93. The lowest BCUT2D eigenvalue weighted by Crippen LogP contribution is -2.10. The second kappa shape index (κ2) is 5.48. The Hall–Kier alpha value is -1.75. The Morgan fingerprint density at radius 2 is 2.00 bits per heavy atom. The Bertz CT molecular complexity index is 641. The lowest BCUT2D eigenvalue weighted by atomic mass is 10.0. The quantitative estimate of drug-likeness (QED) is 0.940. The number of aromatic carboxylic acids is 1. The summed E-state index contributed by atoms with van der Waals surface area (Å²) in [4.78, 5) is 20.0. The van der Waals surface area contributed by atoms with E-state index in [2.05, 4.69) is 25.9 Å². The first kappa shape index (κ1) is 13.7. The van der Waals surface area contributed by atoms with Crippen molar-refractivity contribution in [2.75, 3.05) is 0 Å². The van der Waals surface area contributed by atoms with Crippen LogP contribution in [0.5, 0.6) is 0 Å². The summed E-state index contributed by atoms with van der Waals surface area (Å²) in [7, 11) is 0. The van der Waals surface area contributed by atoms with Gasteiger partial charge >= 0.3 is 5.97 Å². The molecule has 0 aliphatic heterocycles. The zero-order valence-electron chi connectivity index (χ0n) is 10.6. The summed E-state index contributed by atoms with van der Waals surface area (Å²) < 4.78 is 0.817. The molecule has 5 heteroatoms. The Labute approximate surface area is 119 Å². The standard InChI is InChI=1S/C14H13BrN2O2/c1-3-11-12(14(18)19)13(17-8(2)16-11)9-6-4-5-7-10(9)15/h4-7H,3H2,1-2H3,(H,18,19). The molecule has 0 aliphatic rings. The maximum absolute atomic E-state index is 11.5. The fourth-order valence-electron chi connectivity index (χ4n) is 1.96. The summed E-state index contributed by atoms with van der Waals surface area (Å²) >= 11 is 3.43. The number of carbonyl (C=O) groups is 1. The first-order chi connectivity index (χ1) is 9.04. The molecule has 0 spiro atoms. The minimum atomic E-state index is -0.998. The minimum Gasteiger partial charge on any atom is -0.478 e. The Morgan fingerprint density at radius 1 is 1.32 bits per heavy atom. The zero-order valence-corrected chi connectivity index (χ0v) is 12.2. The molecule has 0 unspecified atom stereocenters. The van der Waals surface area contributed by atoms with Crippen molar-refractivity contribution in [2.45, 2.75) is 20.3 Å². The molecule has 1 N–H and O–H groups in total. The van der Waals surface area contributed by atoms with Gasteiger partial charge in [0, 0.05) is 10.0 Å². The van der Waals surface area contributed by atoms with Gasteiger partial charge in [-0.25, -0.2) is 14.8 Å². The lowest BCUT2D eigenvalue weighted by Gasteiger charge is -2.11. The predicted octanol–water partition coefficient (Wildman–Crippen LogP) is 3.48. The molecule has 98 valence electrons. The number of carboxylic acids is 1. The summed E-state index contributed by atoms with van der Waals surface area (Å²) in [6, 6.07) is 7.44. The largest absolute Gasteiger partial charge is 0.478 e. The molecule has 0 aliphatic carbocycles. The van der Waals surface area contributed by atoms with Crippen LogP contribution in [-0.2, 0) is 6.42 Å². The average Bonchev–Trinajstić information content (AvgIpc) is 2.37. The van der Waals surface area contributed by atoms with E-state index in [1.807, 2.05) is 31.2 Å². The highest BCUT2D eigenvalue weighted by atomic mass is 79.9. The van der Waals surface area contributed by atoms with Gasteiger partial charge in [0.05, 0.1) is 11.4 Å². The molecule has 0 atom stereocenters. The zero-order chi connectivity index (χ0) is 14.0. The summed E-state index contributed by atoms with van der Waals surface area (Å²) in [5.74, 6) is -0.421. The number of aryl methyl sites for hydroxylation is 2. The van der Waals surface area contributed by atoms with E-state index < -0.39 is 5.97 Å². The lowest BCUT2D eigenvalue weighted by molar-refractivity contribution is 0.0695. The minimum absolute atomic E-state index is 0.181. The molecule has 1 heterocycles. The molecule has 0 saturated heterocycles. The third-order valence-electron chi connectivity index (χ3n) is 2.77. The highest BCUT2D eigenvalue weighted by molar-refractivity contribution is 9.10. The average molecular weight is 321 g/mol. The van der Waals surface area contributed by atoms with Crippen molar-refractivity contribution in [1.29, 1.82) is 0 Å². The van der Waals surface area contributed by atoms with Gasteiger partial charge in [0.1, 0.15) is 11.4 Å². The molecule has 4 nitrogen and oxygen atoms in total. The highest BCUT2D eigenvalue weighted by Gasteiger charge is 2.20. The van der Waals surface area contributed by atoms with Crippen molar-refractivity contribution in [3.8, 4) is 11.3 Å². The molecule has 0 bridgehead atoms. The number of carboxylic acid groups (broad SMARTS) is 1. The van der Waals surface area contributed by atoms with E-state index in [0.29, 0.717) is 23.6 Å². The first-order valence-electron chi connectivity index (χ1n) is 5.90. The topological polar surface area (TPSA) is 63.1 Å². The predicted molar refractivity (Wildman–Crippen MR) is 76.2 cm³/mol. The van der Waals surface area contributed by atoms with E-state index in [0.717, 1.165) is 10.0 Å². The Morgan fingerprint density at radius 3 is 2.58 bits per heavy atom. The highest BCUT2D eigenvalue weighted by Crippen LogP contribution is 2.30. The number of benzene rings is 1. The van der Waals surface area contributed by atoms with Crippen molar-refractivity contribution in [2.24, 2.45) is 0 Å². The van der Waals surface area contributed by atoms with E-state index in [1.54, 1.807) is 6.92 Å². The van der Waals surface area contributed by atoms with E-state index in [-0.39, 0.29) is 5.56 Å². The molecule has 0 saturated carbocycles. The van der Waals surface area contributed by atoms with Crippen LogP contribution in [0.2, 0.25) is 0 Å². The van der Waals surface area contributed by atoms with Crippen LogP contribution >= 0.6 is 15.9 Å². The SMILES string of the molecule is CCc1nc(C)nc(-c2ccccc2Br)c1C(=O)O. The van der Waals surface area contributed by atoms with Crippen LogP contribution in [0, 0.1) is 6.92 Å². The smallest absolute Gasteiger partial charge is 0.339 e. The molecule has 0 amide bonds. The van der Waals surface area contributed by atoms with Crippen LogP contribution in [0.25, 0.3) is 11.3 Å². The van der Waals surface area contributed by atoms with Crippen molar-refractivity contribution in [3.63, 3.8) is 0 Å². The number of nitrogens with zero attached hydrogens (tertiary/aromatic N) is 2. The van der Waals surface area contributed by atoms with E-state index in [1.165, 1.54) is 0 Å². The van der Waals surface area contributed by atoms with Gasteiger partial charge < -0.3 is 5.11 Å². The van der Waals surface area contributed by atoms with Crippen LogP contribution in [0.3, 0.4) is 0 Å². The second-order valence-electron chi connectivity index (χ2n) is 4.08. The molecule has 1 aromatic heterocycles. The van der Waals surface area contributed by atoms with E-state index in [4.69, 9.17) is 0 Å². The monoisotopic (exact) mass is 320 g/mol. The van der Waals surface area contributed by atoms with Gasteiger partial charge in [-0.3, -0.25) is 0 Å². The fourth-order valence-corrected chi connectivity index (χ4v) is 2.43. The van der Waals surface area contributed by atoms with Crippen molar-refractivity contribution in [3.05, 3.63) is 45.8 Å². The van der Waals surface area contributed by atoms with Crippen LogP contribution < -0.4 is 0 Å². The summed E-state index contributed by atoms with van der Waals surface area (Å²) in [6.07, 6.45) is 0.558. The van der Waals surface area contributed by atoms with Gasteiger partial charge in [-0.2, -0.15) is 0 Å². The molecule has 2 rings (SSSR count). The molecular weight excluding hydrogens is 308 g/mol. The van der Waals surface area contributed by atoms with Crippen LogP contribution in [0.4, 0.5) is 0 Å². The van der Waals surface area contributed by atoms with Crippen LogP contribution in [0.15, 0.2) is 28.7 Å². The third kappa shape index (κ3) is 2.66. The number of hydrogen-bond donors (Lipinski definition) is 1. The molecule has 1 aromatic carbocycles. The molecule has 2 aromatic rings. The number of rotatable bonds is 3. The van der Waals surface area contributed by atoms with Gasteiger partial charge in [0.2, 0.25) is 0 Å². The maximum atomic E-state index is 11.5. The first-order valence-corrected chi connectivity index (χ1v) is 6.69. The normalized spacial score (nSPS) is 10.5. The van der Waals surface area contributed by atoms with Gasteiger partial charge in [0.25, 0.3) is 0 Å². The van der Waals surface area contributed by atoms with Crippen molar-refractivity contribution >= 4 is 21.9 Å². The number of halogens is 1. The van der Waals surface area contributed by atoms with Crippen molar-refractivity contribution in [1.82, 2.24) is 9.97 Å². The van der Waals surface area contributed by atoms with Gasteiger partial charge in [0.15, 0.2) is 0 Å². The number of aromatic nitrogens is 2. The summed E-state index contributed by atoms with van der Waals surface area (Å²) in [6.45, 7) is 3.66. The number of hydrogen-bond acceptors (Lipinski definition) is 3. The molecular formula is C14H13BrN2O2. The summed E-state index contributed by atoms with van der Waals surface area (Å²) in [5.41, 5.74) is 1.97. The van der Waals surface area contributed by atoms with Crippen molar-refractivity contribution < 1.29 is 9.90 Å². The van der Waals surface area contributed by atoms with Gasteiger partial charge in [-0.1, -0.05) is 41.1 Å². The maximum Gasteiger partial charge on any atom is 0.339 e. The Kier molecular flexibility index (Phi) is 3.95. The van der Waals surface area contributed by atoms with Gasteiger partial charge in [-0.15, -0.1) is 0 Å². The Balaban J connectivity index is 2.79. The third-order valence-corrected chi connectivity index (χ3v) is 3.46. The van der Waals surface area contributed by atoms with Gasteiger partial charge in [-0.05, 0) is 19.4 Å². The van der Waals surface area contributed by atoms with Crippen LogP contribution in [0.1, 0.15) is 28.8 Å². The molecule has 0 radical (unpaired) electrons. The van der Waals surface area contributed by atoms with E-state index in [9.17, 15) is 9.90 Å².